The molecule has 13 heavy (non-hydrogen) atoms. The van der Waals surface area contributed by atoms with E-state index in [1.165, 1.54) is 26.1 Å². The summed E-state index contributed by atoms with van der Waals surface area (Å²) in [6.45, 7) is 5.90. The fourth-order valence-corrected chi connectivity index (χ4v) is 2.27. The fourth-order valence-electron chi connectivity index (χ4n) is 1.80. The van der Waals surface area contributed by atoms with E-state index in [0.29, 0.717) is 5.25 Å². The van der Waals surface area contributed by atoms with Crippen molar-refractivity contribution in [3.05, 3.63) is 0 Å². The topological polar surface area (TPSA) is 6.48 Å². The van der Waals surface area contributed by atoms with Gasteiger partial charge in [0.2, 0.25) is 0 Å². The minimum absolute atomic E-state index is 0.643. The monoisotopic (exact) mass is 220 g/mol. The van der Waals surface area contributed by atoms with Gasteiger partial charge in [-0.05, 0) is 27.1 Å². The van der Waals surface area contributed by atoms with Gasteiger partial charge in [0.25, 0.3) is 0 Å². The van der Waals surface area contributed by atoms with Crippen molar-refractivity contribution in [2.75, 3.05) is 33.7 Å². The second kappa shape index (κ2) is 5.49. The molecule has 0 saturated carbocycles. The smallest absolute Gasteiger partial charge is 0.0248 e. The van der Waals surface area contributed by atoms with Crippen LogP contribution < -0.4 is 0 Å². The number of likely N-dealkylation sites (tertiary alicyclic amines) is 1. The Hall–Kier alpha value is 0.620. The first-order valence-corrected chi connectivity index (χ1v) is 6.75. The molecule has 0 radical (unpaired) electrons. The quantitative estimate of drug-likeness (QED) is 0.568. The van der Waals surface area contributed by atoms with E-state index in [0.717, 1.165) is 6.04 Å². The molecule has 0 aromatic carbocycles. The molecule has 1 aliphatic rings. The maximum Gasteiger partial charge on any atom is 0.0248 e. The Morgan fingerprint density at radius 1 is 1.62 bits per heavy atom. The lowest BCUT2D eigenvalue weighted by Crippen LogP contribution is -2.33. The van der Waals surface area contributed by atoms with Gasteiger partial charge in [-0.1, -0.05) is 17.7 Å². The van der Waals surface area contributed by atoms with Gasteiger partial charge in [0, 0.05) is 24.4 Å². The fraction of sp³-hybridized carbons (Fsp3) is 1.00. The van der Waals surface area contributed by atoms with Gasteiger partial charge in [0.1, 0.15) is 0 Å². The number of hydrogen-bond donors (Lipinski definition) is 1. The SMILES string of the molecule is CC(CN1CC[C@H](N(C)C)C1)SS. The van der Waals surface area contributed by atoms with E-state index in [2.05, 4.69) is 42.5 Å². The number of nitrogens with zero attached hydrogens (tertiary/aromatic N) is 2. The van der Waals surface area contributed by atoms with Gasteiger partial charge < -0.3 is 9.80 Å². The average molecular weight is 220 g/mol. The third-order valence-electron chi connectivity index (χ3n) is 2.67. The molecule has 0 amide bonds. The molecule has 0 bridgehead atoms. The second-order valence-corrected chi connectivity index (χ2v) is 5.73. The number of likely N-dealkylation sites (N-methyl/N-ethyl adjacent to an activating group) is 1. The summed E-state index contributed by atoms with van der Waals surface area (Å²) in [5, 5.41) is 0.643. The summed E-state index contributed by atoms with van der Waals surface area (Å²) in [7, 11) is 6.00. The van der Waals surface area contributed by atoms with Crippen molar-refractivity contribution >= 4 is 22.5 Å². The zero-order chi connectivity index (χ0) is 9.84. The number of thiol groups is 1. The molecule has 0 aromatic heterocycles. The molecule has 1 rings (SSSR count). The van der Waals surface area contributed by atoms with Gasteiger partial charge in [-0.3, -0.25) is 0 Å². The average Bonchev–Trinajstić information content (AvgIpc) is 2.52. The first kappa shape index (κ1) is 11.7. The molecule has 1 saturated heterocycles. The van der Waals surface area contributed by atoms with E-state index in [1.807, 2.05) is 0 Å². The Morgan fingerprint density at radius 2 is 2.31 bits per heavy atom. The van der Waals surface area contributed by atoms with E-state index >= 15 is 0 Å². The molecular weight excluding hydrogens is 200 g/mol. The standard InChI is InChI=1S/C9H20N2S2/c1-8(13-12)6-11-5-4-9(7-11)10(2)3/h8-9,12H,4-7H2,1-3H3/t8?,9-/m0/s1. The van der Waals surface area contributed by atoms with Gasteiger partial charge in [0.15, 0.2) is 0 Å². The molecule has 4 heteroatoms. The van der Waals surface area contributed by atoms with E-state index in [9.17, 15) is 0 Å². The Bertz CT molecular complexity index is 153. The highest BCUT2D eigenvalue weighted by atomic mass is 33.1. The van der Waals surface area contributed by atoms with Crippen molar-refractivity contribution < 1.29 is 0 Å². The van der Waals surface area contributed by atoms with Crippen LogP contribution in [0.1, 0.15) is 13.3 Å². The normalized spacial score (nSPS) is 27.0. The van der Waals surface area contributed by atoms with Crippen LogP contribution in [0.5, 0.6) is 0 Å². The van der Waals surface area contributed by atoms with Crippen LogP contribution in [-0.4, -0.2) is 54.8 Å². The van der Waals surface area contributed by atoms with Crippen LogP contribution in [0.3, 0.4) is 0 Å². The predicted octanol–water partition coefficient (Wildman–Crippen LogP) is 1.59. The van der Waals surface area contributed by atoms with E-state index in [4.69, 9.17) is 0 Å². The van der Waals surface area contributed by atoms with Gasteiger partial charge in [-0.15, -0.1) is 11.7 Å². The molecule has 1 heterocycles. The highest BCUT2D eigenvalue weighted by Crippen LogP contribution is 2.19. The van der Waals surface area contributed by atoms with Gasteiger partial charge in [0.05, 0.1) is 0 Å². The minimum atomic E-state index is 0.643. The molecule has 0 aliphatic carbocycles. The lowest BCUT2D eigenvalue weighted by Gasteiger charge is -2.21. The Kier molecular flexibility index (Phi) is 4.94. The van der Waals surface area contributed by atoms with Gasteiger partial charge in [-0.25, -0.2) is 0 Å². The summed E-state index contributed by atoms with van der Waals surface area (Å²) < 4.78 is 0. The lowest BCUT2D eigenvalue weighted by molar-refractivity contribution is 0.270. The zero-order valence-corrected chi connectivity index (χ0v) is 10.4. The Morgan fingerprint density at radius 3 is 2.77 bits per heavy atom. The highest BCUT2D eigenvalue weighted by molar-refractivity contribution is 8.68. The molecule has 0 N–H and O–H groups in total. The van der Waals surface area contributed by atoms with Crippen molar-refractivity contribution in [2.24, 2.45) is 0 Å². The summed E-state index contributed by atoms with van der Waals surface area (Å²) in [6, 6.07) is 0.761. The third kappa shape index (κ3) is 3.70. The zero-order valence-electron chi connectivity index (χ0n) is 8.73. The van der Waals surface area contributed by atoms with E-state index in [1.54, 1.807) is 10.8 Å². The first-order chi connectivity index (χ1) is 6.13. The summed E-state index contributed by atoms with van der Waals surface area (Å²) in [5.74, 6) is 0. The van der Waals surface area contributed by atoms with Crippen LogP contribution in [0.4, 0.5) is 0 Å². The van der Waals surface area contributed by atoms with Crippen LogP contribution in [-0.2, 0) is 0 Å². The molecule has 1 unspecified atom stereocenters. The van der Waals surface area contributed by atoms with Crippen molar-refractivity contribution in [1.29, 1.82) is 0 Å². The van der Waals surface area contributed by atoms with Crippen LogP contribution in [0.25, 0.3) is 0 Å². The van der Waals surface area contributed by atoms with Crippen LogP contribution >= 0.6 is 22.5 Å². The van der Waals surface area contributed by atoms with Crippen LogP contribution in [0.2, 0.25) is 0 Å². The summed E-state index contributed by atoms with van der Waals surface area (Å²) >= 11 is 4.23. The second-order valence-electron chi connectivity index (χ2n) is 4.08. The molecule has 0 spiro atoms. The number of hydrogen-bond acceptors (Lipinski definition) is 4. The van der Waals surface area contributed by atoms with Gasteiger partial charge >= 0.3 is 0 Å². The molecule has 2 nitrogen and oxygen atoms in total. The van der Waals surface area contributed by atoms with E-state index in [-0.39, 0.29) is 0 Å². The summed E-state index contributed by atoms with van der Waals surface area (Å²) in [6.07, 6.45) is 1.32. The van der Waals surface area contributed by atoms with Crippen LogP contribution in [0, 0.1) is 0 Å². The molecule has 1 fully saturated rings. The van der Waals surface area contributed by atoms with E-state index < -0.39 is 0 Å². The Labute approximate surface area is 90.9 Å². The minimum Gasteiger partial charge on any atom is -0.305 e. The Balaban J connectivity index is 2.25. The molecule has 0 aromatic rings. The summed E-state index contributed by atoms with van der Waals surface area (Å²) in [4.78, 5) is 4.87. The summed E-state index contributed by atoms with van der Waals surface area (Å²) in [5.41, 5.74) is 0. The number of rotatable bonds is 4. The van der Waals surface area contributed by atoms with Crippen molar-refractivity contribution in [2.45, 2.75) is 24.6 Å². The highest BCUT2D eigenvalue weighted by Gasteiger charge is 2.24. The third-order valence-corrected chi connectivity index (χ3v) is 4.26. The van der Waals surface area contributed by atoms with Crippen LogP contribution in [0.15, 0.2) is 0 Å². The predicted molar refractivity (Wildman–Crippen MR) is 64.6 cm³/mol. The molecular formula is C9H20N2S2. The maximum atomic E-state index is 4.23. The molecule has 78 valence electrons. The lowest BCUT2D eigenvalue weighted by atomic mass is 10.2. The maximum absolute atomic E-state index is 4.23. The van der Waals surface area contributed by atoms with Crippen molar-refractivity contribution in [3.8, 4) is 0 Å². The first-order valence-electron chi connectivity index (χ1n) is 4.82. The van der Waals surface area contributed by atoms with Crippen molar-refractivity contribution in [1.82, 2.24) is 9.80 Å². The van der Waals surface area contributed by atoms with Crippen molar-refractivity contribution in [3.63, 3.8) is 0 Å². The van der Waals surface area contributed by atoms with Gasteiger partial charge in [-0.2, -0.15) is 0 Å². The molecule has 1 aliphatic heterocycles. The largest absolute Gasteiger partial charge is 0.305 e. The molecule has 2 atom stereocenters.